The normalized spacial score (nSPS) is 22.6. The fourth-order valence-electron chi connectivity index (χ4n) is 2.65. The van der Waals surface area contributed by atoms with Crippen LogP contribution in [-0.4, -0.2) is 37.3 Å². The largest absolute Gasteiger partial charge is 0.352 e. The lowest BCUT2D eigenvalue weighted by molar-refractivity contribution is -0.124. The summed E-state index contributed by atoms with van der Waals surface area (Å²) in [7, 11) is -3.62. The number of nitrogens with one attached hydrogen (secondary N) is 1. The molecule has 2 fully saturated rings. The van der Waals surface area contributed by atoms with Crippen LogP contribution < -0.4 is 5.32 Å². The Labute approximate surface area is 141 Å². The van der Waals surface area contributed by atoms with E-state index in [1.165, 1.54) is 15.8 Å². The highest BCUT2D eigenvalue weighted by Crippen LogP contribution is 2.25. The van der Waals surface area contributed by atoms with Crippen molar-refractivity contribution in [1.29, 1.82) is 0 Å². The fourth-order valence-corrected chi connectivity index (χ4v) is 4.20. The number of nitrogens with zero attached hydrogens (tertiary/aromatic N) is 1. The Morgan fingerprint density at radius 2 is 1.91 bits per heavy atom. The Balaban J connectivity index is 1.72. The van der Waals surface area contributed by atoms with Gasteiger partial charge in [0.2, 0.25) is 15.9 Å². The van der Waals surface area contributed by atoms with Crippen LogP contribution >= 0.6 is 11.6 Å². The van der Waals surface area contributed by atoms with E-state index in [4.69, 9.17) is 11.6 Å². The first-order valence-electron chi connectivity index (χ1n) is 7.71. The van der Waals surface area contributed by atoms with Gasteiger partial charge in [-0.3, -0.25) is 4.79 Å². The third kappa shape index (κ3) is 4.13. The summed E-state index contributed by atoms with van der Waals surface area (Å²) in [5.41, 5.74) is 0.746. The Kier molecular flexibility index (Phi) is 4.75. The van der Waals surface area contributed by atoms with E-state index in [9.17, 15) is 13.2 Å². The zero-order chi connectivity index (χ0) is 16.4. The first-order valence-corrected chi connectivity index (χ1v) is 9.60. The lowest BCUT2D eigenvalue weighted by atomic mass is 10.2. The maximum atomic E-state index is 12.5. The summed E-state index contributed by atoms with van der Waals surface area (Å²) in [4.78, 5) is 12.2. The van der Waals surface area contributed by atoms with Crippen LogP contribution in [0, 0.1) is 0 Å². The molecule has 1 aliphatic heterocycles. The van der Waals surface area contributed by atoms with Gasteiger partial charge in [-0.05, 0) is 49.5 Å². The van der Waals surface area contributed by atoms with Crippen LogP contribution in [0.2, 0.25) is 5.02 Å². The lowest BCUT2D eigenvalue weighted by Crippen LogP contribution is -2.45. The van der Waals surface area contributed by atoms with E-state index in [1.54, 1.807) is 24.3 Å². The van der Waals surface area contributed by atoms with Crippen molar-refractivity contribution in [3.8, 4) is 0 Å². The SMILES string of the molecule is O=C(NC1CC1)C1CCCN1S(=O)(=O)/C=C/c1ccc(Cl)cc1. The summed E-state index contributed by atoms with van der Waals surface area (Å²) in [6.07, 6.45) is 4.78. The van der Waals surface area contributed by atoms with Crippen LogP contribution in [0.5, 0.6) is 0 Å². The Morgan fingerprint density at radius 3 is 2.57 bits per heavy atom. The van der Waals surface area contributed by atoms with Crippen molar-refractivity contribution >= 4 is 33.6 Å². The zero-order valence-electron chi connectivity index (χ0n) is 12.6. The predicted molar refractivity (Wildman–Crippen MR) is 90.3 cm³/mol. The lowest BCUT2D eigenvalue weighted by Gasteiger charge is -2.21. The number of halogens is 1. The first-order chi connectivity index (χ1) is 11.0. The summed E-state index contributed by atoms with van der Waals surface area (Å²) < 4.78 is 26.3. The van der Waals surface area contributed by atoms with Gasteiger partial charge in [0.05, 0.1) is 0 Å². The Morgan fingerprint density at radius 1 is 1.22 bits per heavy atom. The number of benzene rings is 1. The van der Waals surface area contributed by atoms with E-state index < -0.39 is 16.1 Å². The van der Waals surface area contributed by atoms with Crippen LogP contribution in [0.25, 0.3) is 6.08 Å². The van der Waals surface area contributed by atoms with Crippen molar-refractivity contribution in [2.24, 2.45) is 0 Å². The standard InChI is InChI=1S/C16H19ClN2O3S/c17-13-5-3-12(4-6-13)9-11-23(21,22)19-10-1-2-15(19)16(20)18-14-7-8-14/h3-6,9,11,14-15H,1-2,7-8,10H2,(H,18,20)/b11-9+. The van der Waals surface area contributed by atoms with Gasteiger partial charge in [-0.15, -0.1) is 0 Å². The van der Waals surface area contributed by atoms with Crippen LogP contribution in [0.3, 0.4) is 0 Å². The molecular formula is C16H19ClN2O3S. The first kappa shape index (κ1) is 16.5. The minimum Gasteiger partial charge on any atom is -0.352 e. The smallest absolute Gasteiger partial charge is 0.238 e. The quantitative estimate of drug-likeness (QED) is 0.882. The van der Waals surface area contributed by atoms with Gasteiger partial charge in [-0.1, -0.05) is 23.7 Å². The summed E-state index contributed by atoms with van der Waals surface area (Å²) in [6.45, 7) is 0.385. The minimum absolute atomic E-state index is 0.173. The van der Waals surface area contributed by atoms with Gasteiger partial charge < -0.3 is 5.32 Å². The third-order valence-electron chi connectivity index (χ3n) is 4.06. The predicted octanol–water partition coefficient (Wildman–Crippen LogP) is 2.38. The van der Waals surface area contributed by atoms with E-state index >= 15 is 0 Å². The van der Waals surface area contributed by atoms with Crippen molar-refractivity contribution in [2.75, 3.05) is 6.54 Å². The average Bonchev–Trinajstić information content (AvgIpc) is 3.17. The number of carbonyl (C=O) groups is 1. The highest BCUT2D eigenvalue weighted by Gasteiger charge is 2.39. The minimum atomic E-state index is -3.62. The summed E-state index contributed by atoms with van der Waals surface area (Å²) >= 11 is 5.81. The van der Waals surface area contributed by atoms with Gasteiger partial charge in [-0.2, -0.15) is 4.31 Å². The molecule has 5 nitrogen and oxygen atoms in total. The highest BCUT2D eigenvalue weighted by molar-refractivity contribution is 7.92. The molecule has 1 atom stereocenters. The summed E-state index contributed by atoms with van der Waals surface area (Å²) in [6, 6.07) is 6.55. The van der Waals surface area contributed by atoms with E-state index in [1.807, 2.05) is 0 Å². The van der Waals surface area contributed by atoms with E-state index in [-0.39, 0.29) is 11.9 Å². The molecule has 0 radical (unpaired) electrons. The molecule has 0 spiro atoms. The topological polar surface area (TPSA) is 66.5 Å². The van der Waals surface area contributed by atoms with Crippen LogP contribution in [0.1, 0.15) is 31.2 Å². The van der Waals surface area contributed by atoms with Gasteiger partial charge in [0.1, 0.15) is 6.04 Å². The van der Waals surface area contributed by atoms with Crippen molar-refractivity contribution in [2.45, 2.75) is 37.8 Å². The number of hydrogen-bond donors (Lipinski definition) is 1. The van der Waals surface area contributed by atoms with Crippen molar-refractivity contribution in [3.05, 3.63) is 40.3 Å². The van der Waals surface area contributed by atoms with Crippen LogP contribution in [0.4, 0.5) is 0 Å². The molecule has 2 aliphatic rings. The average molecular weight is 355 g/mol. The van der Waals surface area contributed by atoms with Gasteiger partial charge in [0.25, 0.3) is 0 Å². The Hall–Kier alpha value is -1.37. The molecule has 1 unspecified atom stereocenters. The second-order valence-electron chi connectivity index (χ2n) is 5.95. The molecular weight excluding hydrogens is 336 g/mol. The van der Waals surface area contributed by atoms with Crippen LogP contribution in [0.15, 0.2) is 29.7 Å². The molecule has 1 amide bonds. The second-order valence-corrected chi connectivity index (χ2v) is 8.16. The molecule has 3 rings (SSSR count). The maximum Gasteiger partial charge on any atom is 0.238 e. The van der Waals surface area contributed by atoms with Crippen molar-refractivity contribution < 1.29 is 13.2 Å². The molecule has 23 heavy (non-hydrogen) atoms. The fraction of sp³-hybridized carbons (Fsp3) is 0.438. The number of rotatable bonds is 5. The highest BCUT2D eigenvalue weighted by atomic mass is 35.5. The van der Waals surface area contributed by atoms with Crippen LogP contribution in [-0.2, 0) is 14.8 Å². The molecule has 1 aliphatic carbocycles. The van der Waals surface area contributed by atoms with Gasteiger partial charge in [0.15, 0.2) is 0 Å². The molecule has 1 saturated heterocycles. The summed E-state index contributed by atoms with van der Waals surface area (Å²) in [5, 5.41) is 4.66. The molecule has 0 aromatic heterocycles. The van der Waals surface area contributed by atoms with E-state index in [2.05, 4.69) is 5.32 Å². The number of sulfonamides is 1. The zero-order valence-corrected chi connectivity index (χ0v) is 14.2. The summed E-state index contributed by atoms with van der Waals surface area (Å²) in [5.74, 6) is -0.173. The van der Waals surface area contributed by atoms with Gasteiger partial charge in [-0.25, -0.2) is 8.42 Å². The maximum absolute atomic E-state index is 12.5. The Bertz CT molecular complexity index is 711. The molecule has 1 aromatic rings. The molecule has 1 saturated carbocycles. The van der Waals surface area contributed by atoms with E-state index in [0.29, 0.717) is 24.4 Å². The third-order valence-corrected chi connectivity index (χ3v) is 5.88. The second kappa shape index (κ2) is 6.63. The van der Waals surface area contributed by atoms with Gasteiger partial charge in [0, 0.05) is 23.0 Å². The van der Waals surface area contributed by atoms with Crippen molar-refractivity contribution in [1.82, 2.24) is 9.62 Å². The van der Waals surface area contributed by atoms with Gasteiger partial charge >= 0.3 is 0 Å². The molecule has 7 heteroatoms. The number of hydrogen-bond acceptors (Lipinski definition) is 3. The van der Waals surface area contributed by atoms with E-state index in [0.717, 1.165) is 18.4 Å². The molecule has 1 aromatic carbocycles. The molecule has 1 N–H and O–H groups in total. The van der Waals surface area contributed by atoms with Crippen molar-refractivity contribution in [3.63, 3.8) is 0 Å². The molecule has 124 valence electrons. The molecule has 0 bridgehead atoms. The number of carbonyl (C=O) groups excluding carboxylic acids is 1. The number of amides is 1. The molecule has 1 heterocycles. The monoisotopic (exact) mass is 354 g/mol.